The highest BCUT2D eigenvalue weighted by atomic mass is 32.1. The molecule has 0 aliphatic carbocycles. The van der Waals surface area contributed by atoms with E-state index in [4.69, 9.17) is 9.47 Å². The Morgan fingerprint density at radius 1 is 1.19 bits per heavy atom. The van der Waals surface area contributed by atoms with Gasteiger partial charge in [-0.15, -0.1) is 11.3 Å². The first-order valence-electron chi connectivity index (χ1n) is 9.71. The van der Waals surface area contributed by atoms with Gasteiger partial charge in [-0.25, -0.2) is 18.2 Å². The molecule has 1 fully saturated rings. The lowest BCUT2D eigenvalue weighted by Gasteiger charge is -2.09. The molecule has 1 atom stereocenters. The zero-order valence-electron chi connectivity index (χ0n) is 16.4. The first-order chi connectivity index (χ1) is 15.0. The second-order valence-electron chi connectivity index (χ2n) is 7.05. The fourth-order valence-corrected chi connectivity index (χ4v) is 4.00. The Morgan fingerprint density at radius 2 is 2.06 bits per heavy atom. The molecule has 2 aromatic carbocycles. The first-order valence-corrected chi connectivity index (χ1v) is 10.6. The molecular formula is C22H19F3N2O3S. The average molecular weight is 448 g/mol. The molecule has 9 heteroatoms. The van der Waals surface area contributed by atoms with Crippen molar-refractivity contribution in [1.29, 1.82) is 0 Å². The summed E-state index contributed by atoms with van der Waals surface area (Å²) < 4.78 is 52.4. The summed E-state index contributed by atoms with van der Waals surface area (Å²) in [6.45, 7) is 0.879. The van der Waals surface area contributed by atoms with E-state index in [1.165, 1.54) is 12.1 Å². The summed E-state index contributed by atoms with van der Waals surface area (Å²) in [5, 5.41) is 4.70. The van der Waals surface area contributed by atoms with Gasteiger partial charge in [-0.3, -0.25) is 4.79 Å². The van der Waals surface area contributed by atoms with Gasteiger partial charge in [-0.1, -0.05) is 0 Å². The van der Waals surface area contributed by atoms with E-state index in [2.05, 4.69) is 10.3 Å². The molecule has 31 heavy (non-hydrogen) atoms. The molecule has 0 unspecified atom stereocenters. The molecule has 3 aromatic rings. The number of ether oxygens (including phenoxy) is 2. The van der Waals surface area contributed by atoms with Gasteiger partial charge in [0, 0.05) is 35.7 Å². The standard InChI is InChI=1S/C22H19F3N2O3S/c23-14-3-6-18(24)13(8-14)11-30-15-4-5-17(19(25)9-15)22-27-20(12-31-22)21(28)26-10-16-2-1-7-29-16/h3-6,8-9,12,16H,1-2,7,10-11H2,(H,26,28)/t16-/m1/s1. The van der Waals surface area contributed by atoms with E-state index < -0.39 is 17.5 Å². The van der Waals surface area contributed by atoms with Gasteiger partial charge in [-0.05, 0) is 43.2 Å². The van der Waals surface area contributed by atoms with Gasteiger partial charge in [0.15, 0.2) is 0 Å². The summed E-state index contributed by atoms with van der Waals surface area (Å²) in [7, 11) is 0. The van der Waals surface area contributed by atoms with Crippen LogP contribution in [0.3, 0.4) is 0 Å². The number of hydrogen-bond acceptors (Lipinski definition) is 5. The Bertz CT molecular complexity index is 1080. The fourth-order valence-electron chi connectivity index (χ4n) is 3.18. The van der Waals surface area contributed by atoms with Gasteiger partial charge in [-0.2, -0.15) is 0 Å². The number of hydrogen-bond donors (Lipinski definition) is 1. The molecule has 2 heterocycles. The summed E-state index contributed by atoms with van der Waals surface area (Å²) in [6, 6.07) is 7.17. The van der Waals surface area contributed by atoms with Crippen LogP contribution in [0.2, 0.25) is 0 Å². The largest absolute Gasteiger partial charge is 0.489 e. The van der Waals surface area contributed by atoms with E-state index in [0.717, 1.165) is 48.4 Å². The number of carbonyl (C=O) groups is 1. The van der Waals surface area contributed by atoms with Crippen LogP contribution >= 0.6 is 11.3 Å². The van der Waals surface area contributed by atoms with Crippen LogP contribution in [-0.4, -0.2) is 30.1 Å². The van der Waals surface area contributed by atoms with E-state index in [1.807, 2.05) is 0 Å². The minimum Gasteiger partial charge on any atom is -0.489 e. The minimum atomic E-state index is -0.605. The van der Waals surface area contributed by atoms with E-state index >= 15 is 0 Å². The lowest BCUT2D eigenvalue weighted by molar-refractivity contribution is 0.0854. The summed E-state index contributed by atoms with van der Waals surface area (Å²) in [5.41, 5.74) is 0.454. The molecule has 1 aromatic heterocycles. The molecule has 1 aliphatic rings. The maximum Gasteiger partial charge on any atom is 0.270 e. The molecular weight excluding hydrogens is 429 g/mol. The Kier molecular flexibility index (Phi) is 6.53. The molecule has 5 nitrogen and oxygen atoms in total. The van der Waals surface area contributed by atoms with Gasteiger partial charge >= 0.3 is 0 Å². The van der Waals surface area contributed by atoms with Crippen molar-refractivity contribution in [3.05, 3.63) is 70.5 Å². The average Bonchev–Trinajstić information content (AvgIpc) is 3.45. The first kappa shape index (κ1) is 21.3. The van der Waals surface area contributed by atoms with Gasteiger partial charge in [0.05, 0.1) is 6.10 Å². The van der Waals surface area contributed by atoms with Crippen molar-refractivity contribution in [3.63, 3.8) is 0 Å². The van der Waals surface area contributed by atoms with Crippen molar-refractivity contribution < 1.29 is 27.4 Å². The number of carbonyl (C=O) groups excluding carboxylic acids is 1. The molecule has 1 N–H and O–H groups in total. The Hall–Kier alpha value is -2.91. The van der Waals surface area contributed by atoms with Crippen LogP contribution in [0.25, 0.3) is 10.6 Å². The van der Waals surface area contributed by atoms with E-state index in [-0.39, 0.29) is 41.2 Å². The number of benzene rings is 2. The van der Waals surface area contributed by atoms with Crippen LogP contribution in [0.1, 0.15) is 28.9 Å². The van der Waals surface area contributed by atoms with Crippen molar-refractivity contribution in [2.75, 3.05) is 13.2 Å². The SMILES string of the molecule is O=C(NC[C@H]1CCCO1)c1csc(-c2ccc(OCc3cc(F)ccc3F)cc2F)n1. The topological polar surface area (TPSA) is 60.5 Å². The smallest absolute Gasteiger partial charge is 0.270 e. The Morgan fingerprint density at radius 3 is 2.84 bits per heavy atom. The number of nitrogens with one attached hydrogen (secondary N) is 1. The number of nitrogens with zero attached hydrogens (tertiary/aromatic N) is 1. The second kappa shape index (κ2) is 9.49. The van der Waals surface area contributed by atoms with Crippen molar-refractivity contribution in [2.45, 2.75) is 25.6 Å². The van der Waals surface area contributed by atoms with Crippen LogP contribution in [0.4, 0.5) is 13.2 Å². The third kappa shape index (κ3) is 5.23. The molecule has 0 saturated carbocycles. The van der Waals surface area contributed by atoms with Gasteiger partial charge in [0.1, 0.15) is 40.5 Å². The van der Waals surface area contributed by atoms with Crippen molar-refractivity contribution in [1.82, 2.24) is 10.3 Å². The zero-order valence-corrected chi connectivity index (χ0v) is 17.2. The maximum atomic E-state index is 14.6. The summed E-state index contributed by atoms with van der Waals surface area (Å²) in [5.74, 6) is -1.96. The van der Waals surface area contributed by atoms with Crippen LogP contribution in [0.15, 0.2) is 41.8 Å². The second-order valence-corrected chi connectivity index (χ2v) is 7.91. The number of rotatable bonds is 7. The molecule has 1 amide bonds. The highest BCUT2D eigenvalue weighted by Crippen LogP contribution is 2.29. The fraction of sp³-hybridized carbons (Fsp3) is 0.273. The third-order valence-corrected chi connectivity index (χ3v) is 5.70. The number of amides is 1. The van der Waals surface area contributed by atoms with Crippen molar-refractivity contribution in [2.24, 2.45) is 0 Å². The summed E-state index contributed by atoms with van der Waals surface area (Å²) in [4.78, 5) is 16.5. The summed E-state index contributed by atoms with van der Waals surface area (Å²) in [6.07, 6.45) is 1.92. The Labute approximate surface area is 180 Å². The predicted octanol–water partition coefficient (Wildman–Crippen LogP) is 4.72. The van der Waals surface area contributed by atoms with E-state index in [1.54, 1.807) is 5.38 Å². The molecule has 0 spiro atoms. The quantitative estimate of drug-likeness (QED) is 0.569. The zero-order chi connectivity index (χ0) is 21.8. The van der Waals surface area contributed by atoms with E-state index in [9.17, 15) is 18.0 Å². The van der Waals surface area contributed by atoms with Crippen LogP contribution < -0.4 is 10.1 Å². The highest BCUT2D eigenvalue weighted by molar-refractivity contribution is 7.13. The minimum absolute atomic E-state index is 0.0212. The van der Waals surface area contributed by atoms with Gasteiger partial charge in [0.25, 0.3) is 5.91 Å². The van der Waals surface area contributed by atoms with Crippen molar-refractivity contribution >= 4 is 17.2 Å². The lowest BCUT2D eigenvalue weighted by Crippen LogP contribution is -2.31. The van der Waals surface area contributed by atoms with Gasteiger partial charge < -0.3 is 14.8 Å². The third-order valence-electron chi connectivity index (χ3n) is 4.82. The molecule has 4 rings (SSSR count). The molecule has 0 bridgehead atoms. The number of thiazole rings is 1. The Balaban J connectivity index is 1.40. The maximum absolute atomic E-state index is 14.6. The van der Waals surface area contributed by atoms with Gasteiger partial charge in [0.2, 0.25) is 0 Å². The number of halogens is 3. The molecule has 162 valence electrons. The predicted molar refractivity (Wildman–Crippen MR) is 110 cm³/mol. The number of aromatic nitrogens is 1. The molecule has 0 radical (unpaired) electrons. The summed E-state index contributed by atoms with van der Waals surface area (Å²) >= 11 is 1.15. The van der Waals surface area contributed by atoms with Crippen molar-refractivity contribution in [3.8, 4) is 16.3 Å². The van der Waals surface area contributed by atoms with Crippen LogP contribution in [0, 0.1) is 17.5 Å². The highest BCUT2D eigenvalue weighted by Gasteiger charge is 2.19. The van der Waals surface area contributed by atoms with Crippen LogP contribution in [-0.2, 0) is 11.3 Å². The lowest BCUT2D eigenvalue weighted by atomic mass is 10.2. The van der Waals surface area contributed by atoms with E-state index in [0.29, 0.717) is 18.2 Å². The normalized spacial score (nSPS) is 15.8. The molecule has 1 saturated heterocycles. The monoisotopic (exact) mass is 448 g/mol. The molecule has 1 aliphatic heterocycles. The van der Waals surface area contributed by atoms with Crippen LogP contribution in [0.5, 0.6) is 5.75 Å².